The molecule has 0 unspecified atom stereocenters. The molecule has 0 aliphatic rings. The largest absolute Gasteiger partial charge is 0.466 e. The number of esters is 1. The van der Waals surface area contributed by atoms with Gasteiger partial charge in [0.1, 0.15) is 5.82 Å². The number of carbonyl (C=O) groups excluding carboxylic acids is 1. The van der Waals surface area contributed by atoms with Crippen LogP contribution in [0.3, 0.4) is 0 Å². The zero-order valence-electron chi connectivity index (χ0n) is 11.1. The molecule has 0 aliphatic heterocycles. The number of halogens is 4. The first-order valence-corrected chi connectivity index (χ1v) is 6.36. The van der Waals surface area contributed by atoms with Gasteiger partial charge in [0.05, 0.1) is 12.2 Å². The van der Waals surface area contributed by atoms with Crippen LogP contribution >= 0.6 is 0 Å². The SMILES string of the molecule is CCCCOC(=O)CCc1ccc(F)c(C(F)(F)F)c1. The Morgan fingerprint density at radius 3 is 2.60 bits per heavy atom. The molecule has 0 saturated carbocycles. The number of alkyl halides is 3. The molecule has 6 heteroatoms. The average molecular weight is 292 g/mol. The third kappa shape index (κ3) is 5.19. The fraction of sp³-hybridized carbons (Fsp3) is 0.500. The molecule has 0 radical (unpaired) electrons. The van der Waals surface area contributed by atoms with Crippen LogP contribution in [-0.2, 0) is 22.1 Å². The maximum absolute atomic E-state index is 13.1. The molecule has 1 aromatic rings. The highest BCUT2D eigenvalue weighted by atomic mass is 19.4. The normalized spacial score (nSPS) is 11.4. The molecule has 0 aromatic heterocycles. The second-order valence-corrected chi connectivity index (χ2v) is 4.39. The Morgan fingerprint density at radius 1 is 1.30 bits per heavy atom. The van der Waals surface area contributed by atoms with Crippen LogP contribution in [0.4, 0.5) is 17.6 Å². The first-order valence-electron chi connectivity index (χ1n) is 6.36. The van der Waals surface area contributed by atoms with E-state index in [1.54, 1.807) is 0 Å². The standard InChI is InChI=1S/C14H16F4O2/c1-2-3-8-20-13(19)7-5-10-4-6-12(15)11(9-10)14(16,17)18/h4,6,9H,2-3,5,7-8H2,1H3. The molecule has 2 nitrogen and oxygen atoms in total. The number of rotatable bonds is 6. The number of aryl methyl sites for hydroxylation is 1. The molecule has 0 atom stereocenters. The van der Waals surface area contributed by atoms with Crippen molar-refractivity contribution in [1.82, 2.24) is 0 Å². The summed E-state index contributed by atoms with van der Waals surface area (Å²) in [6.45, 7) is 2.26. The van der Waals surface area contributed by atoms with E-state index in [9.17, 15) is 22.4 Å². The first-order chi connectivity index (χ1) is 9.34. The van der Waals surface area contributed by atoms with Crippen LogP contribution in [-0.4, -0.2) is 12.6 Å². The lowest BCUT2D eigenvalue weighted by Crippen LogP contribution is -2.10. The molecule has 0 N–H and O–H groups in total. The minimum atomic E-state index is -4.73. The molecular weight excluding hydrogens is 276 g/mol. The van der Waals surface area contributed by atoms with Gasteiger partial charge in [-0.3, -0.25) is 4.79 Å². The molecule has 112 valence electrons. The zero-order valence-corrected chi connectivity index (χ0v) is 11.1. The summed E-state index contributed by atoms with van der Waals surface area (Å²) < 4.78 is 55.5. The van der Waals surface area contributed by atoms with E-state index in [1.807, 2.05) is 6.92 Å². The predicted octanol–water partition coefficient (Wildman–Crippen LogP) is 4.12. The number of ether oxygens (including phenoxy) is 1. The molecular formula is C14H16F4O2. The third-order valence-electron chi connectivity index (χ3n) is 2.71. The van der Waals surface area contributed by atoms with Crippen molar-refractivity contribution in [3.63, 3.8) is 0 Å². The van der Waals surface area contributed by atoms with E-state index in [0.717, 1.165) is 25.0 Å². The monoisotopic (exact) mass is 292 g/mol. The predicted molar refractivity (Wildman–Crippen MR) is 65.6 cm³/mol. The maximum atomic E-state index is 13.1. The van der Waals surface area contributed by atoms with Gasteiger partial charge in [0.25, 0.3) is 0 Å². The van der Waals surface area contributed by atoms with Crippen molar-refractivity contribution >= 4 is 5.97 Å². The van der Waals surface area contributed by atoms with Crippen LogP contribution in [0.5, 0.6) is 0 Å². The molecule has 1 aromatic carbocycles. The lowest BCUT2D eigenvalue weighted by molar-refractivity contribution is -0.143. The highest BCUT2D eigenvalue weighted by molar-refractivity contribution is 5.69. The van der Waals surface area contributed by atoms with Gasteiger partial charge in [0, 0.05) is 6.42 Å². The molecule has 0 fully saturated rings. The summed E-state index contributed by atoms with van der Waals surface area (Å²) >= 11 is 0. The quantitative estimate of drug-likeness (QED) is 0.448. The number of unbranched alkanes of at least 4 members (excludes halogenated alkanes) is 1. The summed E-state index contributed by atoms with van der Waals surface area (Å²) in [4.78, 5) is 11.3. The topological polar surface area (TPSA) is 26.3 Å². The highest BCUT2D eigenvalue weighted by Gasteiger charge is 2.34. The van der Waals surface area contributed by atoms with E-state index < -0.39 is 23.5 Å². The Kier molecular flexibility index (Phi) is 5.98. The van der Waals surface area contributed by atoms with E-state index in [4.69, 9.17) is 4.74 Å². The summed E-state index contributed by atoms with van der Waals surface area (Å²) in [5.41, 5.74) is -1.06. The van der Waals surface area contributed by atoms with Gasteiger partial charge in [-0.1, -0.05) is 19.4 Å². The summed E-state index contributed by atoms with van der Waals surface area (Å²) in [6.07, 6.45) is -3.02. The molecule has 20 heavy (non-hydrogen) atoms. The Hall–Kier alpha value is -1.59. The molecule has 0 aliphatic carbocycles. The van der Waals surface area contributed by atoms with Gasteiger partial charge in [-0.25, -0.2) is 4.39 Å². The smallest absolute Gasteiger partial charge is 0.419 e. The summed E-state index contributed by atoms with van der Waals surface area (Å²) in [6, 6.07) is 2.74. The summed E-state index contributed by atoms with van der Waals surface area (Å²) in [5.74, 6) is -1.77. The van der Waals surface area contributed by atoms with Crippen molar-refractivity contribution in [2.45, 2.75) is 38.8 Å². The van der Waals surface area contributed by atoms with E-state index in [1.165, 1.54) is 6.07 Å². The Morgan fingerprint density at radius 2 is 2.00 bits per heavy atom. The fourth-order valence-electron chi connectivity index (χ4n) is 1.59. The van der Waals surface area contributed by atoms with E-state index in [2.05, 4.69) is 0 Å². The van der Waals surface area contributed by atoms with Crippen LogP contribution in [0.25, 0.3) is 0 Å². The molecule has 0 heterocycles. The van der Waals surface area contributed by atoms with Crippen molar-refractivity contribution in [2.24, 2.45) is 0 Å². The van der Waals surface area contributed by atoms with Crippen LogP contribution in [0.1, 0.15) is 37.3 Å². The molecule has 0 amide bonds. The van der Waals surface area contributed by atoms with Gasteiger partial charge < -0.3 is 4.74 Å². The average Bonchev–Trinajstić information content (AvgIpc) is 2.36. The second kappa shape index (κ2) is 7.26. The molecule has 0 spiro atoms. The van der Waals surface area contributed by atoms with Gasteiger partial charge >= 0.3 is 12.1 Å². The number of benzene rings is 1. The number of hydrogen-bond acceptors (Lipinski definition) is 2. The third-order valence-corrected chi connectivity index (χ3v) is 2.71. The van der Waals surface area contributed by atoms with Crippen LogP contribution < -0.4 is 0 Å². The van der Waals surface area contributed by atoms with Crippen molar-refractivity contribution in [3.8, 4) is 0 Å². The van der Waals surface area contributed by atoms with Crippen LogP contribution in [0, 0.1) is 5.82 Å². The Bertz CT molecular complexity index is 455. The molecule has 0 saturated heterocycles. The minimum absolute atomic E-state index is 0.0212. The Balaban J connectivity index is 2.59. The zero-order chi connectivity index (χ0) is 15.2. The molecule has 1 rings (SSSR count). The van der Waals surface area contributed by atoms with Gasteiger partial charge in [0.2, 0.25) is 0 Å². The van der Waals surface area contributed by atoms with Crippen molar-refractivity contribution in [3.05, 3.63) is 35.1 Å². The van der Waals surface area contributed by atoms with Gasteiger partial charge in [-0.05, 0) is 30.5 Å². The van der Waals surface area contributed by atoms with Crippen molar-refractivity contribution in [2.75, 3.05) is 6.61 Å². The second-order valence-electron chi connectivity index (χ2n) is 4.39. The highest BCUT2D eigenvalue weighted by Crippen LogP contribution is 2.32. The van der Waals surface area contributed by atoms with Crippen LogP contribution in [0.15, 0.2) is 18.2 Å². The van der Waals surface area contributed by atoms with Gasteiger partial charge in [-0.15, -0.1) is 0 Å². The van der Waals surface area contributed by atoms with Crippen LogP contribution in [0.2, 0.25) is 0 Å². The summed E-state index contributed by atoms with van der Waals surface area (Å²) in [5, 5.41) is 0. The van der Waals surface area contributed by atoms with E-state index >= 15 is 0 Å². The van der Waals surface area contributed by atoms with Crippen molar-refractivity contribution in [1.29, 1.82) is 0 Å². The van der Waals surface area contributed by atoms with E-state index in [0.29, 0.717) is 6.61 Å². The van der Waals surface area contributed by atoms with E-state index in [-0.39, 0.29) is 18.4 Å². The summed E-state index contributed by atoms with van der Waals surface area (Å²) in [7, 11) is 0. The fourth-order valence-corrected chi connectivity index (χ4v) is 1.59. The number of hydrogen-bond donors (Lipinski definition) is 0. The minimum Gasteiger partial charge on any atom is -0.466 e. The van der Waals surface area contributed by atoms with Crippen molar-refractivity contribution < 1.29 is 27.1 Å². The first kappa shape index (κ1) is 16.5. The Labute approximate surface area is 114 Å². The molecule has 0 bridgehead atoms. The van der Waals surface area contributed by atoms with Gasteiger partial charge in [0.15, 0.2) is 0 Å². The maximum Gasteiger partial charge on any atom is 0.419 e. The van der Waals surface area contributed by atoms with Gasteiger partial charge in [-0.2, -0.15) is 13.2 Å². The lowest BCUT2D eigenvalue weighted by Gasteiger charge is -2.10. The lowest BCUT2D eigenvalue weighted by atomic mass is 10.1. The number of carbonyl (C=O) groups is 1.